The molecule has 0 aliphatic rings. The molecule has 7 nitrogen and oxygen atoms in total. The van der Waals surface area contributed by atoms with Gasteiger partial charge in [0.1, 0.15) is 18.7 Å². The fraction of sp³-hybridized carbons (Fsp3) is 0.357. The molecule has 0 fully saturated rings. The highest BCUT2D eigenvalue weighted by Crippen LogP contribution is 2.24. The molecule has 2 rings (SSSR count). The molecule has 0 spiro atoms. The van der Waals surface area contributed by atoms with Crippen LogP contribution in [-0.2, 0) is 11.3 Å². The Morgan fingerprint density at radius 2 is 2.14 bits per heavy atom. The molecular weight excluding hydrogens is 270 g/mol. The first kappa shape index (κ1) is 14.8. The second-order valence-corrected chi connectivity index (χ2v) is 5.02. The third-order valence-electron chi connectivity index (χ3n) is 3.07. The molecule has 3 N–H and O–H groups in total. The molecule has 112 valence electrons. The van der Waals surface area contributed by atoms with Crippen LogP contribution in [0.4, 0.5) is 11.4 Å². The number of hydrogen-bond donors (Lipinski definition) is 2. The Bertz CT molecular complexity index is 623. The van der Waals surface area contributed by atoms with Crippen LogP contribution in [0.5, 0.6) is 0 Å². The minimum absolute atomic E-state index is 0.154. The van der Waals surface area contributed by atoms with Crippen molar-refractivity contribution in [1.29, 1.82) is 0 Å². The number of anilines is 2. The average Bonchev–Trinajstić information content (AvgIpc) is 2.86. The lowest BCUT2D eigenvalue weighted by atomic mass is 10.2. The van der Waals surface area contributed by atoms with Gasteiger partial charge in [-0.1, -0.05) is 12.1 Å². The summed E-state index contributed by atoms with van der Waals surface area (Å²) in [5.41, 5.74) is 7.16. The second-order valence-electron chi connectivity index (χ2n) is 5.02. The first-order valence-corrected chi connectivity index (χ1v) is 6.68. The Hall–Kier alpha value is -2.57. The van der Waals surface area contributed by atoms with E-state index in [9.17, 15) is 4.79 Å². The first-order valence-electron chi connectivity index (χ1n) is 6.68. The Balaban J connectivity index is 2.31. The van der Waals surface area contributed by atoms with Gasteiger partial charge in [-0.2, -0.15) is 5.10 Å². The summed E-state index contributed by atoms with van der Waals surface area (Å²) in [6.07, 6.45) is 1.47. The monoisotopic (exact) mass is 289 g/mol. The van der Waals surface area contributed by atoms with E-state index in [1.54, 1.807) is 21.7 Å². The van der Waals surface area contributed by atoms with Crippen LogP contribution in [-0.4, -0.2) is 32.4 Å². The van der Waals surface area contributed by atoms with E-state index in [1.807, 2.05) is 26.0 Å². The summed E-state index contributed by atoms with van der Waals surface area (Å²) < 4.78 is 1.77. The van der Waals surface area contributed by atoms with Crippen LogP contribution in [0.25, 0.3) is 0 Å². The summed E-state index contributed by atoms with van der Waals surface area (Å²) in [6.45, 7) is 4.17. The summed E-state index contributed by atoms with van der Waals surface area (Å²) in [5.74, 6) is -0.219. The van der Waals surface area contributed by atoms with E-state index in [-0.39, 0.29) is 12.6 Å². The normalized spacial score (nSPS) is 10.8. The van der Waals surface area contributed by atoms with E-state index in [2.05, 4.69) is 10.1 Å². The molecule has 0 unspecified atom stereocenters. The quantitative estimate of drug-likeness (QED) is 0.783. The van der Waals surface area contributed by atoms with Crippen molar-refractivity contribution >= 4 is 17.3 Å². The van der Waals surface area contributed by atoms with Gasteiger partial charge in [0.05, 0.1) is 17.9 Å². The van der Waals surface area contributed by atoms with E-state index >= 15 is 0 Å². The molecule has 0 aliphatic carbocycles. The minimum Gasteiger partial charge on any atom is -0.480 e. The largest absolute Gasteiger partial charge is 0.480 e. The third kappa shape index (κ3) is 3.50. The van der Waals surface area contributed by atoms with Gasteiger partial charge in [-0.25, -0.2) is 9.67 Å². The highest BCUT2D eigenvalue weighted by atomic mass is 16.4. The molecule has 0 atom stereocenters. The highest BCUT2D eigenvalue weighted by Gasteiger charge is 2.17. The van der Waals surface area contributed by atoms with Crippen LogP contribution in [0.2, 0.25) is 0 Å². The predicted octanol–water partition coefficient (Wildman–Crippen LogP) is 1.53. The molecule has 7 heteroatoms. The van der Waals surface area contributed by atoms with Gasteiger partial charge < -0.3 is 15.7 Å². The molecule has 0 saturated heterocycles. The van der Waals surface area contributed by atoms with Crippen LogP contribution in [0, 0.1) is 0 Å². The minimum atomic E-state index is -0.922. The van der Waals surface area contributed by atoms with Gasteiger partial charge in [0, 0.05) is 6.04 Å². The molecule has 21 heavy (non-hydrogen) atoms. The number of hydrogen-bond acceptors (Lipinski definition) is 5. The standard InChI is InChI=1S/C14H19N5O2/c1-10(2)19-13(16-9-17-19)7-18(8-14(20)21)12-6-4-3-5-11(12)15/h3-6,9-10H,7-8,15H2,1-2H3,(H,20,21). The number of rotatable bonds is 6. The molecule has 0 aliphatic heterocycles. The molecule has 0 saturated carbocycles. The Labute approximate surface area is 123 Å². The summed E-state index contributed by atoms with van der Waals surface area (Å²) in [5, 5.41) is 13.3. The van der Waals surface area contributed by atoms with Crippen LogP contribution in [0.15, 0.2) is 30.6 Å². The molecule has 0 radical (unpaired) electrons. The van der Waals surface area contributed by atoms with Gasteiger partial charge in [0.25, 0.3) is 0 Å². The number of carboxylic acid groups (broad SMARTS) is 1. The fourth-order valence-corrected chi connectivity index (χ4v) is 2.15. The Kier molecular flexibility index (Phi) is 4.42. The van der Waals surface area contributed by atoms with Crippen molar-refractivity contribution in [2.45, 2.75) is 26.4 Å². The first-order chi connectivity index (χ1) is 9.99. The lowest BCUT2D eigenvalue weighted by Gasteiger charge is -2.24. The molecule has 0 amide bonds. The topological polar surface area (TPSA) is 97.3 Å². The molecule has 1 heterocycles. The summed E-state index contributed by atoms with van der Waals surface area (Å²) >= 11 is 0. The number of nitrogens with two attached hydrogens (primary N) is 1. The smallest absolute Gasteiger partial charge is 0.323 e. The third-order valence-corrected chi connectivity index (χ3v) is 3.07. The Morgan fingerprint density at radius 3 is 2.76 bits per heavy atom. The zero-order valence-corrected chi connectivity index (χ0v) is 12.1. The fourth-order valence-electron chi connectivity index (χ4n) is 2.15. The van der Waals surface area contributed by atoms with E-state index in [0.717, 1.165) is 0 Å². The number of nitrogen functional groups attached to an aromatic ring is 1. The number of aromatic nitrogens is 3. The van der Waals surface area contributed by atoms with E-state index < -0.39 is 5.97 Å². The zero-order chi connectivity index (χ0) is 15.4. The number of nitrogens with zero attached hydrogens (tertiary/aromatic N) is 4. The van der Waals surface area contributed by atoms with Crippen molar-refractivity contribution in [2.75, 3.05) is 17.2 Å². The molecule has 2 aromatic rings. The number of para-hydroxylation sites is 2. The molecule has 1 aromatic heterocycles. The van der Waals surface area contributed by atoms with E-state index in [0.29, 0.717) is 23.7 Å². The maximum atomic E-state index is 11.1. The number of benzene rings is 1. The van der Waals surface area contributed by atoms with Crippen molar-refractivity contribution < 1.29 is 9.90 Å². The van der Waals surface area contributed by atoms with Crippen LogP contribution >= 0.6 is 0 Å². The highest BCUT2D eigenvalue weighted by molar-refractivity contribution is 5.77. The molecule has 0 bridgehead atoms. The van der Waals surface area contributed by atoms with Gasteiger partial charge in [0.2, 0.25) is 0 Å². The van der Waals surface area contributed by atoms with Crippen LogP contribution in [0.3, 0.4) is 0 Å². The second kappa shape index (κ2) is 6.25. The van der Waals surface area contributed by atoms with Crippen LogP contribution < -0.4 is 10.6 Å². The number of carbonyl (C=O) groups is 1. The number of aliphatic carboxylic acids is 1. The Morgan fingerprint density at radius 1 is 1.43 bits per heavy atom. The average molecular weight is 289 g/mol. The van der Waals surface area contributed by atoms with Crippen molar-refractivity contribution in [3.05, 3.63) is 36.4 Å². The predicted molar refractivity (Wildman–Crippen MR) is 79.9 cm³/mol. The van der Waals surface area contributed by atoms with Crippen molar-refractivity contribution in [1.82, 2.24) is 14.8 Å². The van der Waals surface area contributed by atoms with Crippen LogP contribution in [0.1, 0.15) is 25.7 Å². The summed E-state index contributed by atoms with van der Waals surface area (Å²) in [4.78, 5) is 17.0. The van der Waals surface area contributed by atoms with Crippen molar-refractivity contribution in [3.63, 3.8) is 0 Å². The van der Waals surface area contributed by atoms with E-state index in [4.69, 9.17) is 10.8 Å². The van der Waals surface area contributed by atoms with Gasteiger partial charge in [-0.15, -0.1) is 0 Å². The molecular formula is C14H19N5O2. The lowest BCUT2D eigenvalue weighted by Crippen LogP contribution is -2.31. The lowest BCUT2D eigenvalue weighted by molar-refractivity contribution is -0.135. The van der Waals surface area contributed by atoms with Gasteiger partial charge in [-0.05, 0) is 26.0 Å². The maximum absolute atomic E-state index is 11.1. The summed E-state index contributed by atoms with van der Waals surface area (Å²) in [6, 6.07) is 7.34. The van der Waals surface area contributed by atoms with E-state index in [1.165, 1.54) is 6.33 Å². The molecule has 1 aromatic carbocycles. The maximum Gasteiger partial charge on any atom is 0.323 e. The van der Waals surface area contributed by atoms with Crippen molar-refractivity contribution in [2.24, 2.45) is 0 Å². The summed E-state index contributed by atoms with van der Waals surface area (Å²) in [7, 11) is 0. The van der Waals surface area contributed by atoms with Gasteiger partial charge in [-0.3, -0.25) is 4.79 Å². The zero-order valence-electron chi connectivity index (χ0n) is 12.1. The van der Waals surface area contributed by atoms with Crippen molar-refractivity contribution in [3.8, 4) is 0 Å². The SMILES string of the molecule is CC(C)n1ncnc1CN(CC(=O)O)c1ccccc1N. The van der Waals surface area contributed by atoms with Gasteiger partial charge in [0.15, 0.2) is 0 Å². The van der Waals surface area contributed by atoms with Gasteiger partial charge >= 0.3 is 5.97 Å². The number of carboxylic acids is 1.